The van der Waals surface area contributed by atoms with E-state index in [1.54, 1.807) is 0 Å². The first-order valence-corrected chi connectivity index (χ1v) is 8.65. The molecule has 0 radical (unpaired) electrons. The van der Waals surface area contributed by atoms with E-state index in [0.717, 1.165) is 28.0 Å². The Morgan fingerprint density at radius 2 is 1.59 bits per heavy atom. The monoisotopic (exact) mass is 362 g/mol. The van der Waals surface area contributed by atoms with Crippen LogP contribution in [0.3, 0.4) is 0 Å². The summed E-state index contributed by atoms with van der Waals surface area (Å²) in [6.45, 7) is 4.32. The summed E-state index contributed by atoms with van der Waals surface area (Å²) in [5.41, 5.74) is 4.47. The molecule has 6 rings (SSSR count). The van der Waals surface area contributed by atoms with E-state index in [4.69, 9.17) is 23.7 Å². The highest BCUT2D eigenvalue weighted by atomic mass is 16.7. The van der Waals surface area contributed by atoms with Crippen LogP contribution in [0.5, 0.6) is 23.0 Å². The first-order chi connectivity index (χ1) is 13.2. The van der Waals surface area contributed by atoms with Crippen LogP contribution in [0.1, 0.15) is 22.6 Å². The Morgan fingerprint density at radius 3 is 2.41 bits per heavy atom. The Kier molecular flexibility index (Phi) is 2.76. The maximum atomic E-state index is 12.6. The Bertz CT molecular complexity index is 1080. The predicted octanol–water partition coefficient (Wildman–Crippen LogP) is 3.20. The zero-order chi connectivity index (χ0) is 18.1. The number of cyclic esters (lactones) is 1. The summed E-state index contributed by atoms with van der Waals surface area (Å²) >= 11 is 0. The van der Waals surface area contributed by atoms with Crippen molar-refractivity contribution in [2.75, 3.05) is 13.6 Å². The first kappa shape index (κ1) is 14.7. The van der Waals surface area contributed by atoms with E-state index in [1.165, 1.54) is 0 Å². The third-order valence-electron chi connectivity index (χ3n) is 5.43. The third-order valence-corrected chi connectivity index (χ3v) is 5.43. The van der Waals surface area contributed by atoms with E-state index in [2.05, 4.69) is 6.58 Å². The molecule has 2 aromatic rings. The fourth-order valence-electron chi connectivity index (χ4n) is 4.19. The molecule has 0 aromatic heterocycles. The van der Waals surface area contributed by atoms with Crippen molar-refractivity contribution in [1.82, 2.24) is 0 Å². The van der Waals surface area contributed by atoms with Crippen molar-refractivity contribution in [3.8, 4) is 23.0 Å². The molecular formula is C21H14O6. The summed E-state index contributed by atoms with van der Waals surface area (Å²) in [7, 11) is 0. The molecule has 1 atom stereocenters. The quantitative estimate of drug-likeness (QED) is 0.726. The van der Waals surface area contributed by atoms with E-state index < -0.39 is 0 Å². The van der Waals surface area contributed by atoms with Crippen molar-refractivity contribution in [3.63, 3.8) is 0 Å². The topological polar surface area (TPSA) is 63.2 Å². The van der Waals surface area contributed by atoms with Gasteiger partial charge in [-0.25, -0.2) is 4.79 Å². The zero-order valence-electron chi connectivity index (χ0n) is 14.2. The van der Waals surface area contributed by atoms with Crippen molar-refractivity contribution in [1.29, 1.82) is 0 Å². The van der Waals surface area contributed by atoms with Crippen LogP contribution < -0.4 is 18.9 Å². The number of ether oxygens (including phenoxy) is 5. The molecule has 134 valence electrons. The minimum Gasteiger partial charge on any atom is -0.454 e. The lowest BCUT2D eigenvalue weighted by Gasteiger charge is -2.26. The minimum atomic E-state index is -0.346. The molecule has 4 aliphatic rings. The molecular weight excluding hydrogens is 348 g/mol. The van der Waals surface area contributed by atoms with Crippen LogP contribution in [0.2, 0.25) is 0 Å². The summed E-state index contributed by atoms with van der Waals surface area (Å²) in [6.07, 6.45) is 0.576. The lowest BCUT2D eigenvalue weighted by molar-refractivity contribution is -0.133. The summed E-state index contributed by atoms with van der Waals surface area (Å²) in [4.78, 5) is 12.6. The van der Waals surface area contributed by atoms with E-state index >= 15 is 0 Å². The standard InChI is InChI=1S/C21H14O6/c1-10-13-4-12-6-17-18(26-9-25-17)7-14(12)19(20(13)21(22)27-10)11-2-3-15-16(5-11)24-8-23-15/h2-3,5-7,19H,1,4,8-9H2. The third kappa shape index (κ3) is 1.98. The van der Waals surface area contributed by atoms with Gasteiger partial charge in [-0.05, 0) is 41.0 Å². The van der Waals surface area contributed by atoms with Crippen LogP contribution in [-0.2, 0) is 16.0 Å². The molecule has 3 aliphatic heterocycles. The second-order valence-electron chi connectivity index (χ2n) is 6.83. The zero-order valence-corrected chi connectivity index (χ0v) is 14.2. The van der Waals surface area contributed by atoms with Gasteiger partial charge in [0.2, 0.25) is 13.6 Å². The number of fused-ring (bicyclic) bond motifs is 3. The van der Waals surface area contributed by atoms with Gasteiger partial charge in [-0.15, -0.1) is 0 Å². The average molecular weight is 362 g/mol. The second kappa shape index (κ2) is 5.07. The first-order valence-electron chi connectivity index (χ1n) is 8.65. The highest BCUT2D eigenvalue weighted by Gasteiger charge is 2.41. The van der Waals surface area contributed by atoms with Gasteiger partial charge < -0.3 is 23.7 Å². The van der Waals surface area contributed by atoms with E-state index in [-0.39, 0.29) is 25.5 Å². The number of carbonyl (C=O) groups excluding carboxylic acids is 1. The van der Waals surface area contributed by atoms with Gasteiger partial charge in [0.15, 0.2) is 23.0 Å². The number of hydrogen-bond acceptors (Lipinski definition) is 6. The number of esters is 1. The van der Waals surface area contributed by atoms with E-state index in [1.807, 2.05) is 30.3 Å². The lowest BCUT2D eigenvalue weighted by atomic mass is 9.75. The van der Waals surface area contributed by atoms with Gasteiger partial charge in [0.1, 0.15) is 5.76 Å². The molecule has 2 aromatic carbocycles. The number of benzene rings is 2. The van der Waals surface area contributed by atoms with Gasteiger partial charge in [-0.2, -0.15) is 0 Å². The molecule has 0 bridgehead atoms. The van der Waals surface area contributed by atoms with Gasteiger partial charge in [-0.3, -0.25) is 0 Å². The summed E-state index contributed by atoms with van der Waals surface area (Å²) in [6, 6.07) is 9.69. The van der Waals surface area contributed by atoms with Gasteiger partial charge in [-0.1, -0.05) is 12.6 Å². The molecule has 0 N–H and O–H groups in total. The molecule has 0 saturated carbocycles. The Morgan fingerprint density at radius 1 is 0.889 bits per heavy atom. The molecule has 0 amide bonds. The fourth-order valence-corrected chi connectivity index (χ4v) is 4.19. The molecule has 27 heavy (non-hydrogen) atoms. The fraction of sp³-hybridized carbons (Fsp3) is 0.190. The molecule has 1 unspecified atom stereocenters. The van der Waals surface area contributed by atoms with Crippen LogP contribution in [-0.4, -0.2) is 19.6 Å². The lowest BCUT2D eigenvalue weighted by Crippen LogP contribution is -2.18. The SMILES string of the molecule is C=C1OC(=O)C2=C1Cc1cc3c(cc1C2c1ccc2c(c1)OCO2)OCO3. The molecule has 1 aliphatic carbocycles. The molecule has 0 fully saturated rings. The van der Waals surface area contributed by atoms with Crippen LogP contribution in [0.4, 0.5) is 0 Å². The largest absolute Gasteiger partial charge is 0.454 e. The van der Waals surface area contributed by atoms with Gasteiger partial charge in [0.25, 0.3) is 0 Å². The van der Waals surface area contributed by atoms with Crippen molar-refractivity contribution >= 4 is 5.97 Å². The Labute approximate surface area is 154 Å². The van der Waals surface area contributed by atoms with E-state index in [9.17, 15) is 4.79 Å². The maximum absolute atomic E-state index is 12.6. The number of allylic oxidation sites excluding steroid dienone is 1. The average Bonchev–Trinajstić information content (AvgIpc) is 3.37. The normalized spacial score (nSPS) is 21.3. The Hall–Kier alpha value is -3.41. The highest BCUT2D eigenvalue weighted by molar-refractivity contribution is 5.98. The van der Waals surface area contributed by atoms with Crippen molar-refractivity contribution in [2.24, 2.45) is 0 Å². The summed E-state index contributed by atoms with van der Waals surface area (Å²) < 4.78 is 27.4. The van der Waals surface area contributed by atoms with Gasteiger partial charge >= 0.3 is 5.97 Å². The van der Waals surface area contributed by atoms with Crippen LogP contribution in [0, 0.1) is 0 Å². The Balaban J connectivity index is 1.59. The number of rotatable bonds is 1. The number of carbonyl (C=O) groups is 1. The van der Waals surface area contributed by atoms with Crippen molar-refractivity contribution in [3.05, 3.63) is 70.5 Å². The number of hydrogen-bond donors (Lipinski definition) is 0. The maximum Gasteiger partial charge on any atom is 0.340 e. The molecule has 6 nitrogen and oxygen atoms in total. The van der Waals surface area contributed by atoms with Crippen LogP contribution >= 0.6 is 0 Å². The summed E-state index contributed by atoms with van der Waals surface area (Å²) in [5.74, 6) is 2.57. The molecule has 6 heteroatoms. The second-order valence-corrected chi connectivity index (χ2v) is 6.83. The predicted molar refractivity (Wildman–Crippen MR) is 92.9 cm³/mol. The minimum absolute atomic E-state index is 0.200. The van der Waals surface area contributed by atoms with Gasteiger partial charge in [0, 0.05) is 17.9 Å². The van der Waals surface area contributed by atoms with Crippen LogP contribution in [0.15, 0.2) is 53.8 Å². The molecule has 3 heterocycles. The van der Waals surface area contributed by atoms with E-state index in [0.29, 0.717) is 35.0 Å². The summed E-state index contributed by atoms with van der Waals surface area (Å²) in [5, 5.41) is 0. The van der Waals surface area contributed by atoms with Crippen molar-refractivity contribution < 1.29 is 28.5 Å². The van der Waals surface area contributed by atoms with Crippen molar-refractivity contribution in [2.45, 2.75) is 12.3 Å². The molecule has 0 saturated heterocycles. The van der Waals surface area contributed by atoms with Gasteiger partial charge in [0.05, 0.1) is 5.57 Å². The van der Waals surface area contributed by atoms with Crippen LogP contribution in [0.25, 0.3) is 0 Å². The molecule has 0 spiro atoms. The highest BCUT2D eigenvalue weighted by Crippen LogP contribution is 2.50. The smallest absolute Gasteiger partial charge is 0.340 e.